The highest BCUT2D eigenvalue weighted by molar-refractivity contribution is 6.02. The van der Waals surface area contributed by atoms with E-state index in [9.17, 15) is 19.5 Å². The number of aromatic nitrogens is 3. The molecule has 12 heteroatoms. The number of likely N-dealkylation sites (tertiary alicyclic amines) is 1. The highest BCUT2D eigenvalue weighted by Gasteiger charge is 2.37. The maximum Gasteiger partial charge on any atom is 0.408 e. The van der Waals surface area contributed by atoms with Gasteiger partial charge in [-0.15, -0.1) is 0 Å². The van der Waals surface area contributed by atoms with Crippen molar-refractivity contribution in [3.63, 3.8) is 0 Å². The van der Waals surface area contributed by atoms with Crippen molar-refractivity contribution in [3.8, 4) is 0 Å². The van der Waals surface area contributed by atoms with Crippen molar-refractivity contribution >= 4 is 34.5 Å². The highest BCUT2D eigenvalue weighted by atomic mass is 19.1. The maximum absolute atomic E-state index is 15.2. The van der Waals surface area contributed by atoms with Gasteiger partial charge in [0.05, 0.1) is 5.52 Å². The van der Waals surface area contributed by atoms with Gasteiger partial charge in [-0.3, -0.25) is 19.2 Å². The van der Waals surface area contributed by atoms with Crippen molar-refractivity contribution in [3.05, 3.63) is 83.1 Å². The Hall–Kier alpha value is -4.71. The first-order valence-corrected chi connectivity index (χ1v) is 17.2. The van der Waals surface area contributed by atoms with E-state index in [1.807, 2.05) is 50.8 Å². The summed E-state index contributed by atoms with van der Waals surface area (Å²) >= 11 is 0. The van der Waals surface area contributed by atoms with Crippen LogP contribution in [0.3, 0.4) is 0 Å². The molecule has 1 unspecified atom stereocenters. The summed E-state index contributed by atoms with van der Waals surface area (Å²) in [6, 6.07) is 13.4. The third-order valence-corrected chi connectivity index (χ3v) is 9.56. The molecule has 4 aromatic rings. The number of carboxylic acid groups (broad SMARTS) is 1. The molecule has 50 heavy (non-hydrogen) atoms. The fraction of sp³-hybridized carbons (Fsp3) is 0.474. The molecule has 3 amide bonds. The van der Waals surface area contributed by atoms with E-state index < -0.39 is 17.7 Å². The topological polar surface area (TPSA) is 122 Å². The lowest BCUT2D eigenvalue weighted by Gasteiger charge is -2.41. The molecule has 1 aliphatic rings. The molecular formula is C38H49FN6O5. The minimum Gasteiger partial charge on any atom is -0.465 e. The van der Waals surface area contributed by atoms with E-state index in [-0.39, 0.29) is 30.0 Å². The Balaban J connectivity index is 1.36. The van der Waals surface area contributed by atoms with E-state index in [4.69, 9.17) is 4.74 Å². The fourth-order valence-electron chi connectivity index (χ4n) is 7.41. The molecule has 2 aromatic carbocycles. The predicted molar refractivity (Wildman–Crippen MR) is 191 cm³/mol. The average molecular weight is 689 g/mol. The number of amides is 3. The number of benzene rings is 2. The van der Waals surface area contributed by atoms with Gasteiger partial charge in [0.15, 0.2) is 5.69 Å². The lowest BCUT2D eigenvalue weighted by molar-refractivity contribution is -0.134. The third kappa shape index (κ3) is 8.18. The number of nitrogens with one attached hydrogen (secondary N) is 1. The van der Waals surface area contributed by atoms with Gasteiger partial charge in [-0.25, -0.2) is 9.18 Å². The molecule has 2 atom stereocenters. The van der Waals surface area contributed by atoms with Gasteiger partial charge in [-0.05, 0) is 88.8 Å². The number of piperidine rings is 1. The second kappa shape index (κ2) is 15.5. The summed E-state index contributed by atoms with van der Waals surface area (Å²) in [4.78, 5) is 42.6. The Morgan fingerprint density at radius 1 is 1.14 bits per heavy atom. The van der Waals surface area contributed by atoms with Crippen molar-refractivity contribution in [2.24, 2.45) is 7.05 Å². The Kier molecular flexibility index (Phi) is 11.3. The Labute approximate surface area is 293 Å². The first-order valence-electron chi connectivity index (χ1n) is 17.2. The molecule has 0 aliphatic carbocycles. The van der Waals surface area contributed by atoms with Crippen LogP contribution in [0.4, 0.5) is 14.9 Å². The molecule has 1 aliphatic heterocycles. The standard InChI is InChI=1S/C38H49FN6O5/c1-25-30-11-7-12-31(39)35(30)44(19-9-21-50-6)34(25)27-10-8-18-43(24-27)33(46)23-29(45(37(48)49)38(2,3)4)22-26-13-15-28(16-14-26)40-36(47)32-17-20-42(5)41-32/h7,11-17,20,27,29H,8-10,18-19,21-24H2,1-6H3,(H,40,47)(H,48,49)/t27?,29-/m1/s1. The molecule has 5 rings (SSSR count). The van der Waals surface area contributed by atoms with Gasteiger partial charge in [0.2, 0.25) is 5.91 Å². The number of rotatable bonds is 12. The van der Waals surface area contributed by atoms with Crippen LogP contribution in [0.15, 0.2) is 54.7 Å². The Morgan fingerprint density at radius 2 is 1.88 bits per heavy atom. The number of aryl methyl sites for hydroxylation is 3. The molecule has 268 valence electrons. The smallest absolute Gasteiger partial charge is 0.408 e. The number of para-hydroxylation sites is 1. The van der Waals surface area contributed by atoms with Crippen molar-refractivity contribution < 1.29 is 28.6 Å². The van der Waals surface area contributed by atoms with E-state index >= 15 is 4.39 Å². The molecule has 1 fully saturated rings. The molecule has 0 bridgehead atoms. The number of halogens is 1. The Morgan fingerprint density at radius 3 is 2.52 bits per heavy atom. The minimum atomic E-state index is -1.09. The molecular weight excluding hydrogens is 639 g/mol. The highest BCUT2D eigenvalue weighted by Crippen LogP contribution is 2.37. The third-order valence-electron chi connectivity index (χ3n) is 9.56. The first kappa shape index (κ1) is 36.6. The molecule has 0 radical (unpaired) electrons. The monoisotopic (exact) mass is 688 g/mol. The molecule has 0 saturated carbocycles. The van der Waals surface area contributed by atoms with E-state index in [0.29, 0.717) is 49.6 Å². The maximum atomic E-state index is 15.2. The quantitative estimate of drug-likeness (QED) is 0.162. The van der Waals surface area contributed by atoms with Crippen LogP contribution in [0, 0.1) is 12.7 Å². The number of nitrogens with zero attached hydrogens (tertiary/aromatic N) is 5. The van der Waals surface area contributed by atoms with E-state index in [1.165, 1.54) is 11.0 Å². The van der Waals surface area contributed by atoms with Gasteiger partial charge in [-0.2, -0.15) is 5.10 Å². The van der Waals surface area contributed by atoms with Gasteiger partial charge in [0.1, 0.15) is 5.82 Å². The van der Waals surface area contributed by atoms with Crippen LogP contribution in [-0.2, 0) is 29.5 Å². The SMILES string of the molecule is COCCCn1c(C2CCCN(C(=O)C[C@@H](Cc3ccc(NC(=O)c4ccn(C)n4)cc3)N(C(=O)O)C(C)(C)C)C2)c(C)c2cccc(F)c21. The van der Waals surface area contributed by atoms with E-state index in [0.717, 1.165) is 41.5 Å². The number of hydrogen-bond acceptors (Lipinski definition) is 5. The van der Waals surface area contributed by atoms with Crippen LogP contribution in [0.1, 0.15) is 79.7 Å². The van der Waals surface area contributed by atoms with Crippen molar-refractivity contribution in [2.75, 3.05) is 32.1 Å². The Bertz CT molecular complexity index is 1830. The van der Waals surface area contributed by atoms with E-state index in [1.54, 1.807) is 49.3 Å². The van der Waals surface area contributed by atoms with Gasteiger partial charge >= 0.3 is 6.09 Å². The second-order valence-corrected chi connectivity index (χ2v) is 14.2. The summed E-state index contributed by atoms with van der Waals surface area (Å²) in [6.07, 6.45) is 3.31. The number of anilines is 1. The number of fused-ring (bicyclic) bond motifs is 1. The van der Waals surface area contributed by atoms with Crippen molar-refractivity contribution in [1.29, 1.82) is 0 Å². The number of carbonyl (C=O) groups excluding carboxylic acids is 2. The fourth-order valence-corrected chi connectivity index (χ4v) is 7.41. The summed E-state index contributed by atoms with van der Waals surface area (Å²) < 4.78 is 24.2. The average Bonchev–Trinajstić information content (AvgIpc) is 3.62. The zero-order valence-corrected chi connectivity index (χ0v) is 29.9. The number of carbonyl (C=O) groups is 3. The molecule has 0 spiro atoms. The van der Waals surface area contributed by atoms with Crippen LogP contribution in [-0.4, -0.2) is 85.5 Å². The molecule has 11 nitrogen and oxygen atoms in total. The van der Waals surface area contributed by atoms with Crippen LogP contribution >= 0.6 is 0 Å². The van der Waals surface area contributed by atoms with Gasteiger partial charge in [0.25, 0.3) is 5.91 Å². The zero-order valence-electron chi connectivity index (χ0n) is 29.9. The summed E-state index contributed by atoms with van der Waals surface area (Å²) in [5.74, 6) is -0.699. The largest absolute Gasteiger partial charge is 0.465 e. The van der Waals surface area contributed by atoms with Crippen LogP contribution in [0.5, 0.6) is 0 Å². The minimum absolute atomic E-state index is 0.00697. The lowest BCUT2D eigenvalue weighted by Crippen LogP contribution is -2.54. The van der Waals surface area contributed by atoms with Gasteiger partial charge in [0, 0.05) is 87.3 Å². The van der Waals surface area contributed by atoms with Crippen molar-refractivity contribution in [2.45, 2.75) is 83.8 Å². The normalized spacial score (nSPS) is 15.7. The second-order valence-electron chi connectivity index (χ2n) is 14.2. The molecule has 3 heterocycles. The van der Waals surface area contributed by atoms with Crippen LogP contribution in [0.2, 0.25) is 0 Å². The summed E-state index contributed by atoms with van der Waals surface area (Å²) in [5, 5.41) is 18.2. The molecule has 1 saturated heterocycles. The lowest BCUT2D eigenvalue weighted by atomic mass is 9.91. The summed E-state index contributed by atoms with van der Waals surface area (Å²) in [6.45, 7) is 9.73. The number of methoxy groups -OCH3 is 1. The van der Waals surface area contributed by atoms with Crippen molar-refractivity contribution in [1.82, 2.24) is 24.1 Å². The van der Waals surface area contributed by atoms with Gasteiger partial charge < -0.3 is 24.6 Å². The summed E-state index contributed by atoms with van der Waals surface area (Å²) in [5.41, 5.74) is 3.62. The molecule has 2 N–H and O–H groups in total. The van der Waals surface area contributed by atoms with Crippen LogP contribution < -0.4 is 5.32 Å². The van der Waals surface area contributed by atoms with Crippen LogP contribution in [0.25, 0.3) is 10.9 Å². The first-order chi connectivity index (χ1) is 23.8. The zero-order chi connectivity index (χ0) is 36.2. The predicted octanol–water partition coefficient (Wildman–Crippen LogP) is 6.60. The summed E-state index contributed by atoms with van der Waals surface area (Å²) in [7, 11) is 3.40. The number of hydrogen-bond donors (Lipinski definition) is 2. The van der Waals surface area contributed by atoms with Gasteiger partial charge in [-0.1, -0.05) is 24.3 Å². The number of ether oxygens (including phenoxy) is 1. The van der Waals surface area contributed by atoms with E-state index in [2.05, 4.69) is 15.0 Å². The molecule has 2 aromatic heterocycles.